The summed E-state index contributed by atoms with van der Waals surface area (Å²) in [7, 11) is -0.533. The van der Waals surface area contributed by atoms with Gasteiger partial charge in [-0.05, 0) is 36.1 Å². The zero-order valence-corrected chi connectivity index (χ0v) is 9.79. The first-order valence-corrected chi connectivity index (χ1v) is 6.34. The highest BCUT2D eigenvalue weighted by molar-refractivity contribution is 7.58. The van der Waals surface area contributed by atoms with E-state index in [0.29, 0.717) is 0 Å². The molecule has 1 atom stereocenters. The molecule has 1 nitrogen and oxygen atoms in total. The monoisotopic (exact) mass is 216 g/mol. The van der Waals surface area contributed by atoms with Gasteiger partial charge in [-0.1, -0.05) is 37.9 Å². The van der Waals surface area contributed by atoms with Crippen molar-refractivity contribution < 1.29 is 4.79 Å². The molecule has 1 heterocycles. The smallest absolute Gasteiger partial charge is 0.154 e. The van der Waals surface area contributed by atoms with Crippen molar-refractivity contribution in [2.75, 3.05) is 0 Å². The van der Waals surface area contributed by atoms with Crippen LogP contribution in [0.5, 0.6) is 0 Å². The third-order valence-corrected chi connectivity index (χ3v) is 5.16. The lowest BCUT2D eigenvalue weighted by molar-refractivity contribution is 0.112. The first-order chi connectivity index (χ1) is 7.24. The fourth-order valence-electron chi connectivity index (χ4n) is 1.69. The van der Waals surface area contributed by atoms with Crippen LogP contribution in [0.3, 0.4) is 0 Å². The van der Waals surface area contributed by atoms with Crippen molar-refractivity contribution in [3.8, 4) is 5.30 Å². The van der Waals surface area contributed by atoms with Gasteiger partial charge in [0.05, 0.1) is 0 Å². The van der Waals surface area contributed by atoms with E-state index < -0.39 is 7.53 Å². The molecule has 0 aliphatic heterocycles. The highest BCUT2D eigenvalue weighted by Crippen LogP contribution is 2.46. The summed E-state index contributed by atoms with van der Waals surface area (Å²) < 4.78 is 0. The summed E-state index contributed by atoms with van der Waals surface area (Å²) in [5, 5.41) is 2.22. The average Bonchev–Trinajstić information content (AvgIpc) is 2.56. The Morgan fingerprint density at radius 3 is 2.40 bits per heavy atom. The number of carbonyl (C=O) groups is 1. The van der Waals surface area contributed by atoms with E-state index in [2.05, 4.69) is 24.9 Å². The molecule has 2 aromatic rings. The van der Waals surface area contributed by atoms with E-state index in [-0.39, 0.29) is 0 Å². The quantitative estimate of drug-likeness (QED) is 0.691. The molecular weight excluding hydrogens is 203 g/mol. The number of aryl methyl sites for hydroxylation is 1. The van der Waals surface area contributed by atoms with Gasteiger partial charge < -0.3 is 0 Å². The topological polar surface area (TPSA) is 17.1 Å². The summed E-state index contributed by atoms with van der Waals surface area (Å²) in [6.07, 6.45) is 1.01. The first-order valence-electron chi connectivity index (χ1n) is 4.93. The van der Waals surface area contributed by atoms with Crippen molar-refractivity contribution in [1.82, 2.24) is 0 Å². The zero-order chi connectivity index (χ0) is 10.8. The molecule has 1 aromatic heterocycles. The molecule has 1 unspecified atom stereocenters. The Hall–Kier alpha value is -1.33. The molecule has 0 bridgehead atoms. The Labute approximate surface area is 90.8 Å². The van der Waals surface area contributed by atoms with Crippen LogP contribution in [0.15, 0.2) is 36.1 Å². The molecule has 0 saturated carbocycles. The van der Waals surface area contributed by atoms with Crippen LogP contribution in [-0.4, -0.2) is 6.29 Å². The Balaban J connectivity index is 2.63. The Morgan fingerprint density at radius 1 is 1.13 bits per heavy atom. The maximum Gasteiger partial charge on any atom is 0.154 e. The van der Waals surface area contributed by atoms with E-state index in [4.69, 9.17) is 0 Å². The average molecular weight is 216 g/mol. The number of hydrogen-bond acceptors (Lipinski definition) is 1. The lowest BCUT2D eigenvalue weighted by Crippen LogP contribution is -1.79. The van der Waals surface area contributed by atoms with Gasteiger partial charge in [-0.25, -0.2) is 0 Å². The van der Waals surface area contributed by atoms with Crippen molar-refractivity contribution in [1.29, 1.82) is 0 Å². The molecule has 0 aliphatic carbocycles. The lowest BCUT2D eigenvalue weighted by Gasteiger charge is -2.00. The first kappa shape index (κ1) is 10.2. The minimum Gasteiger partial charge on any atom is -0.298 e. The van der Waals surface area contributed by atoms with Gasteiger partial charge in [0, 0.05) is 5.30 Å². The molecule has 1 aromatic carbocycles. The molecule has 0 radical (unpaired) electrons. The second kappa shape index (κ2) is 4.04. The molecule has 0 spiro atoms. The maximum atomic E-state index is 11.1. The van der Waals surface area contributed by atoms with Gasteiger partial charge in [0.1, 0.15) is 0 Å². The van der Waals surface area contributed by atoms with Gasteiger partial charge in [-0.15, -0.1) is 0 Å². The van der Waals surface area contributed by atoms with Gasteiger partial charge in [-0.2, -0.15) is 0 Å². The molecule has 0 amide bonds. The predicted molar refractivity (Wildman–Crippen MR) is 65.3 cm³/mol. The summed E-state index contributed by atoms with van der Waals surface area (Å²) in [6.45, 7) is 4.10. The molecule has 0 N–H and O–H groups in total. The summed E-state index contributed by atoms with van der Waals surface area (Å²) in [6, 6.07) is 10.2. The van der Waals surface area contributed by atoms with E-state index in [0.717, 1.165) is 17.1 Å². The van der Waals surface area contributed by atoms with Crippen molar-refractivity contribution in [3.05, 3.63) is 52.6 Å². The lowest BCUT2D eigenvalue weighted by atomic mass is 10.2. The molecule has 2 heteroatoms. The second-order valence-corrected chi connectivity index (χ2v) is 5.64. The minimum atomic E-state index is -0.533. The number of hydrogen-bond donors (Lipinski definition) is 0. The third-order valence-electron chi connectivity index (χ3n) is 2.70. The SMILES string of the molecule is Cc1cp(-c2ccccc2)c(C=O)c1C. The molecule has 15 heavy (non-hydrogen) atoms. The van der Waals surface area contributed by atoms with E-state index in [9.17, 15) is 4.79 Å². The summed E-state index contributed by atoms with van der Waals surface area (Å²) in [5.41, 5.74) is 2.40. The minimum absolute atomic E-state index is 0.533. The van der Waals surface area contributed by atoms with Crippen molar-refractivity contribution in [2.45, 2.75) is 13.8 Å². The standard InChI is InChI=1S/C13H13OP/c1-10-9-15(13(8-14)11(10)2)12-6-4-3-5-7-12/h3-9H,1-2H3. The van der Waals surface area contributed by atoms with Crippen LogP contribution in [0, 0.1) is 13.8 Å². The van der Waals surface area contributed by atoms with Crippen LogP contribution in [0.25, 0.3) is 5.30 Å². The van der Waals surface area contributed by atoms with Crippen LogP contribution in [0.2, 0.25) is 0 Å². The van der Waals surface area contributed by atoms with E-state index >= 15 is 0 Å². The van der Waals surface area contributed by atoms with E-state index in [1.165, 1.54) is 10.9 Å². The predicted octanol–water partition coefficient (Wildman–Crippen LogP) is 4.09. The van der Waals surface area contributed by atoms with E-state index in [1.807, 2.05) is 25.1 Å². The van der Waals surface area contributed by atoms with Crippen molar-refractivity contribution >= 4 is 13.8 Å². The van der Waals surface area contributed by atoms with Gasteiger partial charge in [-0.3, -0.25) is 4.79 Å². The molecule has 0 fully saturated rings. The number of benzene rings is 1. The molecule has 0 aliphatic rings. The van der Waals surface area contributed by atoms with Gasteiger partial charge in [0.2, 0.25) is 0 Å². The van der Waals surface area contributed by atoms with Crippen molar-refractivity contribution in [2.24, 2.45) is 0 Å². The largest absolute Gasteiger partial charge is 0.298 e. The molecular formula is C13H13OP. The van der Waals surface area contributed by atoms with Crippen LogP contribution < -0.4 is 0 Å². The van der Waals surface area contributed by atoms with Crippen LogP contribution in [0.1, 0.15) is 21.2 Å². The summed E-state index contributed by atoms with van der Waals surface area (Å²) in [5.74, 6) is 2.23. The maximum absolute atomic E-state index is 11.1. The van der Waals surface area contributed by atoms with Crippen LogP contribution in [0.4, 0.5) is 0 Å². The summed E-state index contributed by atoms with van der Waals surface area (Å²) >= 11 is 0. The molecule has 2 rings (SSSR count). The highest BCUT2D eigenvalue weighted by atomic mass is 31.1. The second-order valence-electron chi connectivity index (χ2n) is 3.65. The van der Waals surface area contributed by atoms with Crippen molar-refractivity contribution in [3.63, 3.8) is 0 Å². The summed E-state index contributed by atoms with van der Waals surface area (Å²) in [4.78, 5) is 11.1. The Morgan fingerprint density at radius 2 is 1.80 bits per heavy atom. The van der Waals surface area contributed by atoms with Gasteiger partial charge in [0.15, 0.2) is 6.29 Å². The fraction of sp³-hybridized carbons (Fsp3) is 0.154. The fourth-order valence-corrected chi connectivity index (χ4v) is 3.98. The Kier molecular flexibility index (Phi) is 2.75. The van der Waals surface area contributed by atoms with Crippen LogP contribution >= 0.6 is 7.53 Å². The van der Waals surface area contributed by atoms with Gasteiger partial charge in [0.25, 0.3) is 0 Å². The highest BCUT2D eigenvalue weighted by Gasteiger charge is 2.10. The third kappa shape index (κ3) is 1.75. The van der Waals surface area contributed by atoms with Crippen LogP contribution in [-0.2, 0) is 0 Å². The van der Waals surface area contributed by atoms with E-state index in [1.54, 1.807) is 0 Å². The Bertz CT molecular complexity index is 483. The zero-order valence-electron chi connectivity index (χ0n) is 8.90. The number of rotatable bonds is 2. The van der Waals surface area contributed by atoms with Gasteiger partial charge >= 0.3 is 0 Å². The number of carbonyl (C=O) groups excluding carboxylic acids is 1. The molecule has 0 saturated heterocycles. The normalized spacial score (nSPS) is 11.5. The number of aldehydes is 1. The molecule has 76 valence electrons.